The van der Waals surface area contributed by atoms with Gasteiger partial charge in [-0.2, -0.15) is 0 Å². The molecule has 0 spiro atoms. The zero-order valence-electron chi connectivity index (χ0n) is 14.0. The molecule has 1 fully saturated rings. The van der Waals surface area contributed by atoms with Crippen molar-refractivity contribution in [3.8, 4) is 0 Å². The second-order valence-corrected chi connectivity index (χ2v) is 6.63. The van der Waals surface area contributed by atoms with Gasteiger partial charge in [0.1, 0.15) is 5.82 Å². The lowest BCUT2D eigenvalue weighted by atomic mass is 9.95. The van der Waals surface area contributed by atoms with Crippen molar-refractivity contribution in [1.29, 1.82) is 0 Å². The summed E-state index contributed by atoms with van der Waals surface area (Å²) in [5, 5.41) is 0.580. The molecule has 5 nitrogen and oxygen atoms in total. The van der Waals surface area contributed by atoms with Gasteiger partial charge in [0.25, 0.3) is 5.91 Å². The Bertz CT molecular complexity index is 790. The van der Waals surface area contributed by atoms with Crippen LogP contribution in [0.4, 0.5) is 10.1 Å². The van der Waals surface area contributed by atoms with Gasteiger partial charge in [0.2, 0.25) is 5.91 Å². The van der Waals surface area contributed by atoms with Crippen molar-refractivity contribution in [2.75, 3.05) is 18.5 Å². The number of likely N-dealkylation sites (tertiary alicyclic amines) is 1. The molecule has 2 aromatic carbocycles. The summed E-state index contributed by atoms with van der Waals surface area (Å²) in [4.78, 5) is 26.4. The van der Waals surface area contributed by atoms with E-state index in [1.807, 2.05) is 0 Å². The fourth-order valence-electron chi connectivity index (χ4n) is 2.92. The molecule has 0 saturated carbocycles. The van der Waals surface area contributed by atoms with Crippen molar-refractivity contribution in [3.63, 3.8) is 0 Å². The van der Waals surface area contributed by atoms with Gasteiger partial charge in [0.05, 0.1) is 5.69 Å². The summed E-state index contributed by atoms with van der Waals surface area (Å²) in [5.74, 6) is -0.789. The van der Waals surface area contributed by atoms with Gasteiger partial charge < -0.3 is 4.90 Å². The molecule has 0 bridgehead atoms. The first-order chi connectivity index (χ1) is 12.5. The van der Waals surface area contributed by atoms with E-state index in [2.05, 4.69) is 10.9 Å². The lowest BCUT2D eigenvalue weighted by Gasteiger charge is -2.31. The van der Waals surface area contributed by atoms with Gasteiger partial charge in [-0.05, 0) is 55.3 Å². The first kappa shape index (κ1) is 18.2. The maximum atomic E-state index is 13.0. The molecule has 2 N–H and O–H groups in total. The maximum Gasteiger partial charge on any atom is 0.253 e. The van der Waals surface area contributed by atoms with Crippen molar-refractivity contribution in [1.82, 2.24) is 10.3 Å². The Kier molecular flexibility index (Phi) is 5.73. The Morgan fingerprint density at radius 1 is 1.08 bits per heavy atom. The highest BCUT2D eigenvalue weighted by atomic mass is 35.5. The second-order valence-electron chi connectivity index (χ2n) is 6.20. The average molecular weight is 376 g/mol. The number of nitrogens with zero attached hydrogens (tertiary/aromatic N) is 1. The third-order valence-corrected chi connectivity index (χ3v) is 4.63. The lowest BCUT2D eigenvalue weighted by molar-refractivity contribution is -0.125. The van der Waals surface area contributed by atoms with Crippen LogP contribution in [0.2, 0.25) is 5.02 Å². The Hall–Kier alpha value is -2.60. The van der Waals surface area contributed by atoms with Gasteiger partial charge in [-0.1, -0.05) is 17.7 Å². The van der Waals surface area contributed by atoms with Gasteiger partial charge in [-0.15, -0.1) is 0 Å². The number of benzene rings is 2. The molecule has 2 amide bonds. The molecule has 136 valence electrons. The van der Waals surface area contributed by atoms with Crippen LogP contribution in [0.25, 0.3) is 0 Å². The minimum absolute atomic E-state index is 0.112. The summed E-state index contributed by atoms with van der Waals surface area (Å²) in [5.41, 5.74) is 6.69. The Morgan fingerprint density at radius 3 is 2.42 bits per heavy atom. The van der Waals surface area contributed by atoms with Crippen LogP contribution in [0.5, 0.6) is 0 Å². The van der Waals surface area contributed by atoms with E-state index in [4.69, 9.17) is 11.6 Å². The highest BCUT2D eigenvalue weighted by molar-refractivity contribution is 6.30. The summed E-state index contributed by atoms with van der Waals surface area (Å²) in [6.07, 6.45) is 1.16. The quantitative estimate of drug-likeness (QED) is 0.804. The third-order valence-electron chi connectivity index (χ3n) is 4.40. The second kappa shape index (κ2) is 8.19. The molecule has 7 heteroatoms. The lowest BCUT2D eigenvalue weighted by Crippen LogP contribution is -2.44. The molecule has 26 heavy (non-hydrogen) atoms. The van der Waals surface area contributed by atoms with Gasteiger partial charge in [0.15, 0.2) is 0 Å². The number of hydrogen-bond donors (Lipinski definition) is 2. The fourth-order valence-corrected chi connectivity index (χ4v) is 3.11. The molecule has 1 aliphatic rings. The summed E-state index contributed by atoms with van der Waals surface area (Å²) >= 11 is 5.90. The van der Waals surface area contributed by atoms with Gasteiger partial charge in [-0.3, -0.25) is 20.4 Å². The largest absolute Gasteiger partial charge is 0.339 e. The Balaban J connectivity index is 1.49. The van der Waals surface area contributed by atoms with Crippen LogP contribution in [0.1, 0.15) is 23.2 Å². The molecule has 1 heterocycles. The standard InChI is InChI=1S/C19H19ClFN3O2/c20-15-2-1-3-17(12-15)22-23-18(25)13-8-10-24(11-9-13)19(26)14-4-6-16(21)7-5-14/h1-7,12-13,22H,8-11H2,(H,23,25). The summed E-state index contributed by atoms with van der Waals surface area (Å²) < 4.78 is 13.0. The first-order valence-corrected chi connectivity index (χ1v) is 8.77. The monoisotopic (exact) mass is 375 g/mol. The van der Waals surface area contributed by atoms with E-state index >= 15 is 0 Å². The summed E-state index contributed by atoms with van der Waals surface area (Å²) in [6, 6.07) is 12.6. The first-order valence-electron chi connectivity index (χ1n) is 8.39. The smallest absolute Gasteiger partial charge is 0.253 e. The van der Waals surface area contributed by atoms with Crippen LogP contribution in [-0.4, -0.2) is 29.8 Å². The van der Waals surface area contributed by atoms with E-state index in [1.54, 1.807) is 29.2 Å². The van der Waals surface area contributed by atoms with Crippen LogP contribution >= 0.6 is 11.6 Å². The predicted molar refractivity (Wildman–Crippen MR) is 98.2 cm³/mol. The van der Waals surface area contributed by atoms with Crippen LogP contribution in [0.15, 0.2) is 48.5 Å². The number of amides is 2. The molecule has 1 saturated heterocycles. The number of hydrazine groups is 1. The zero-order valence-corrected chi connectivity index (χ0v) is 14.8. The summed E-state index contributed by atoms with van der Waals surface area (Å²) in [7, 11) is 0. The van der Waals surface area contributed by atoms with Crippen molar-refractivity contribution >= 4 is 29.1 Å². The number of nitrogens with one attached hydrogen (secondary N) is 2. The maximum absolute atomic E-state index is 13.0. The molecule has 0 unspecified atom stereocenters. The molecule has 2 aromatic rings. The van der Waals surface area contributed by atoms with E-state index < -0.39 is 0 Å². The Labute approximate surface area is 156 Å². The highest BCUT2D eigenvalue weighted by Gasteiger charge is 2.27. The number of hydrogen-bond acceptors (Lipinski definition) is 3. The molecule has 1 aliphatic heterocycles. The fraction of sp³-hybridized carbons (Fsp3) is 0.263. The van der Waals surface area contributed by atoms with Gasteiger partial charge >= 0.3 is 0 Å². The van der Waals surface area contributed by atoms with E-state index in [9.17, 15) is 14.0 Å². The molecule has 0 aliphatic carbocycles. The van der Waals surface area contributed by atoms with Crippen molar-refractivity contribution in [3.05, 3.63) is 64.9 Å². The highest BCUT2D eigenvalue weighted by Crippen LogP contribution is 2.20. The number of piperidine rings is 1. The van der Waals surface area contributed by atoms with E-state index in [-0.39, 0.29) is 23.5 Å². The third kappa shape index (κ3) is 4.52. The zero-order chi connectivity index (χ0) is 18.5. The van der Waals surface area contributed by atoms with Crippen molar-refractivity contribution in [2.24, 2.45) is 5.92 Å². The topological polar surface area (TPSA) is 61.4 Å². The van der Waals surface area contributed by atoms with Crippen LogP contribution in [0.3, 0.4) is 0 Å². The Morgan fingerprint density at radius 2 is 1.77 bits per heavy atom. The van der Waals surface area contributed by atoms with E-state index in [0.717, 1.165) is 0 Å². The van der Waals surface area contributed by atoms with E-state index in [0.29, 0.717) is 42.2 Å². The molecular formula is C19H19ClFN3O2. The predicted octanol–water partition coefficient (Wildman–Crippen LogP) is 3.47. The molecule has 0 atom stereocenters. The SMILES string of the molecule is O=C(NNc1cccc(Cl)c1)C1CCN(C(=O)c2ccc(F)cc2)CC1. The minimum Gasteiger partial charge on any atom is -0.339 e. The normalized spacial score (nSPS) is 14.8. The number of rotatable bonds is 4. The van der Waals surface area contributed by atoms with Gasteiger partial charge in [-0.25, -0.2) is 4.39 Å². The van der Waals surface area contributed by atoms with Gasteiger partial charge in [0, 0.05) is 29.6 Å². The average Bonchev–Trinajstić information content (AvgIpc) is 2.66. The molecular weight excluding hydrogens is 357 g/mol. The van der Waals surface area contributed by atoms with Crippen LogP contribution < -0.4 is 10.9 Å². The summed E-state index contributed by atoms with van der Waals surface area (Å²) in [6.45, 7) is 0.983. The van der Waals surface area contributed by atoms with Crippen LogP contribution in [-0.2, 0) is 4.79 Å². The number of anilines is 1. The van der Waals surface area contributed by atoms with Crippen molar-refractivity contribution < 1.29 is 14.0 Å². The molecule has 0 aromatic heterocycles. The number of carbonyl (C=O) groups is 2. The number of carbonyl (C=O) groups excluding carboxylic acids is 2. The van der Waals surface area contributed by atoms with E-state index in [1.165, 1.54) is 24.3 Å². The number of halogens is 2. The molecule has 3 rings (SSSR count). The van der Waals surface area contributed by atoms with Crippen molar-refractivity contribution in [2.45, 2.75) is 12.8 Å². The van der Waals surface area contributed by atoms with Crippen LogP contribution in [0, 0.1) is 11.7 Å². The molecule has 0 radical (unpaired) electrons. The minimum atomic E-state index is -0.371.